The van der Waals surface area contributed by atoms with E-state index < -0.39 is 5.66 Å². The molecule has 0 amide bonds. The van der Waals surface area contributed by atoms with Gasteiger partial charge in [0, 0.05) is 31.3 Å². The highest BCUT2D eigenvalue weighted by Crippen LogP contribution is 2.31. The van der Waals surface area contributed by atoms with Gasteiger partial charge >= 0.3 is 0 Å². The molecule has 1 aromatic carbocycles. The maximum atomic E-state index is 6.38. The Morgan fingerprint density at radius 3 is 2.87 bits per heavy atom. The summed E-state index contributed by atoms with van der Waals surface area (Å²) in [5.41, 5.74) is 12.0. The first-order chi connectivity index (χ1) is 11.2. The summed E-state index contributed by atoms with van der Waals surface area (Å²) in [6.45, 7) is 4.91. The number of benzene rings is 1. The highest BCUT2D eigenvalue weighted by Gasteiger charge is 2.29. The summed E-state index contributed by atoms with van der Waals surface area (Å²) in [5.74, 6) is 1.21. The highest BCUT2D eigenvalue weighted by atomic mass is 16.5. The largest absolute Gasteiger partial charge is 0.492 e. The lowest BCUT2D eigenvalue weighted by molar-refractivity contribution is 0.0321. The average molecular weight is 317 g/mol. The minimum Gasteiger partial charge on any atom is -0.492 e. The van der Waals surface area contributed by atoms with E-state index in [0.717, 1.165) is 44.2 Å². The molecule has 1 atom stereocenters. The van der Waals surface area contributed by atoms with Gasteiger partial charge in [-0.05, 0) is 6.07 Å². The zero-order chi connectivity index (χ0) is 16.1. The fourth-order valence-electron chi connectivity index (χ4n) is 2.71. The summed E-state index contributed by atoms with van der Waals surface area (Å²) in [7, 11) is 0. The molecule has 0 saturated carbocycles. The summed E-state index contributed by atoms with van der Waals surface area (Å²) in [5, 5.41) is 2.82. The van der Waals surface area contributed by atoms with Gasteiger partial charge in [-0.3, -0.25) is 10.6 Å². The number of rotatable bonds is 5. The van der Waals surface area contributed by atoms with E-state index in [0.29, 0.717) is 12.4 Å². The van der Waals surface area contributed by atoms with Crippen molar-refractivity contribution in [3.8, 4) is 5.75 Å². The Morgan fingerprint density at radius 1 is 1.30 bits per heavy atom. The van der Waals surface area contributed by atoms with Gasteiger partial charge in [0.2, 0.25) is 0 Å². The predicted octanol–water partition coefficient (Wildman–Crippen LogP) is -0.0593. The van der Waals surface area contributed by atoms with Gasteiger partial charge in [-0.15, -0.1) is 0 Å². The van der Waals surface area contributed by atoms with Crippen LogP contribution in [0, 0.1) is 0 Å². The summed E-state index contributed by atoms with van der Waals surface area (Å²) < 4.78 is 11.3. The Bertz CT molecular complexity index is 598. The minimum absolute atomic E-state index is 0.477. The van der Waals surface area contributed by atoms with Crippen molar-refractivity contribution in [1.29, 1.82) is 0 Å². The Kier molecular flexibility index (Phi) is 4.80. The number of hydrogen-bond donors (Lipinski definition) is 3. The predicted molar refractivity (Wildman–Crippen MR) is 89.0 cm³/mol. The van der Waals surface area contributed by atoms with Crippen LogP contribution in [0.3, 0.4) is 0 Å². The number of nitrogens with two attached hydrogens (primary N) is 2. The van der Waals surface area contributed by atoms with Crippen LogP contribution in [0.25, 0.3) is 0 Å². The molecule has 7 nitrogen and oxygen atoms in total. The Morgan fingerprint density at radius 2 is 2.09 bits per heavy atom. The molecule has 23 heavy (non-hydrogen) atoms. The number of nitrogens with zero attached hydrogens (tertiary/aromatic N) is 2. The van der Waals surface area contributed by atoms with Gasteiger partial charge in [0.15, 0.2) is 5.66 Å². The molecule has 1 aromatic rings. The normalized spacial score (nSPS) is 24.8. The van der Waals surface area contributed by atoms with E-state index in [4.69, 9.17) is 20.9 Å². The molecule has 2 heterocycles. The quantitative estimate of drug-likeness (QED) is 0.704. The van der Waals surface area contributed by atoms with E-state index in [9.17, 15) is 0 Å². The van der Waals surface area contributed by atoms with Crippen LogP contribution in [-0.4, -0.2) is 50.7 Å². The average Bonchev–Trinajstić information content (AvgIpc) is 2.56. The van der Waals surface area contributed by atoms with Crippen LogP contribution in [0.1, 0.15) is 5.56 Å². The SMILES string of the molecule is NC1=CC(N)(c2ccccc2OCCN2CCOCC2)N=CN1. The second-order valence-corrected chi connectivity index (χ2v) is 5.63. The van der Waals surface area contributed by atoms with Crippen molar-refractivity contribution in [3.63, 3.8) is 0 Å². The molecule has 1 saturated heterocycles. The molecule has 124 valence electrons. The van der Waals surface area contributed by atoms with Gasteiger partial charge in [0.1, 0.15) is 18.2 Å². The summed E-state index contributed by atoms with van der Waals surface area (Å²) in [4.78, 5) is 6.64. The van der Waals surface area contributed by atoms with Crippen LogP contribution in [0.15, 0.2) is 41.2 Å². The van der Waals surface area contributed by atoms with E-state index >= 15 is 0 Å². The maximum Gasteiger partial charge on any atom is 0.161 e. The van der Waals surface area contributed by atoms with Crippen molar-refractivity contribution < 1.29 is 9.47 Å². The first-order valence-electron chi connectivity index (χ1n) is 7.77. The van der Waals surface area contributed by atoms with Crippen molar-refractivity contribution in [3.05, 3.63) is 41.7 Å². The molecule has 0 spiro atoms. The standard InChI is InChI=1S/C16H23N5O2/c17-15-11-16(18,20-12-19-15)13-3-1-2-4-14(13)23-10-7-21-5-8-22-9-6-21/h1-4,11-12H,5-10,17-18H2,(H,19,20). The van der Waals surface area contributed by atoms with E-state index in [2.05, 4.69) is 15.2 Å². The molecule has 5 N–H and O–H groups in total. The molecule has 1 unspecified atom stereocenters. The van der Waals surface area contributed by atoms with Crippen molar-refractivity contribution in [2.45, 2.75) is 5.66 Å². The first-order valence-corrected chi connectivity index (χ1v) is 7.77. The van der Waals surface area contributed by atoms with Gasteiger partial charge in [-0.25, -0.2) is 4.99 Å². The zero-order valence-electron chi connectivity index (χ0n) is 13.1. The third-order valence-corrected chi connectivity index (χ3v) is 3.97. The second kappa shape index (κ2) is 6.99. The molecule has 0 bridgehead atoms. The van der Waals surface area contributed by atoms with Crippen LogP contribution in [-0.2, 0) is 10.4 Å². The first kappa shape index (κ1) is 15.8. The van der Waals surface area contributed by atoms with Gasteiger partial charge < -0.3 is 20.5 Å². The number of aliphatic imine (C=N–C) groups is 1. The van der Waals surface area contributed by atoms with E-state index in [1.54, 1.807) is 6.08 Å². The van der Waals surface area contributed by atoms with Crippen LogP contribution < -0.4 is 21.5 Å². The molecule has 2 aliphatic heterocycles. The number of ether oxygens (including phenoxy) is 2. The molecule has 3 rings (SSSR count). The molecular weight excluding hydrogens is 294 g/mol. The lowest BCUT2D eigenvalue weighted by atomic mass is 9.98. The lowest BCUT2D eigenvalue weighted by Gasteiger charge is -2.29. The van der Waals surface area contributed by atoms with Crippen LogP contribution in [0.5, 0.6) is 5.75 Å². The van der Waals surface area contributed by atoms with Gasteiger partial charge in [-0.1, -0.05) is 18.2 Å². The second-order valence-electron chi connectivity index (χ2n) is 5.63. The van der Waals surface area contributed by atoms with Gasteiger partial charge in [0.05, 0.1) is 19.6 Å². The topological polar surface area (TPSA) is 98.1 Å². The fraction of sp³-hybridized carbons (Fsp3) is 0.438. The third-order valence-electron chi connectivity index (χ3n) is 3.97. The Hall–Kier alpha value is -2.09. The van der Waals surface area contributed by atoms with E-state index in [1.165, 1.54) is 6.34 Å². The third kappa shape index (κ3) is 3.82. The summed E-state index contributed by atoms with van der Waals surface area (Å²) in [6, 6.07) is 7.66. The number of nitrogens with one attached hydrogen (secondary N) is 1. The lowest BCUT2D eigenvalue weighted by Crippen LogP contribution is -2.40. The van der Waals surface area contributed by atoms with Crippen molar-refractivity contribution >= 4 is 6.34 Å². The van der Waals surface area contributed by atoms with E-state index in [1.807, 2.05) is 24.3 Å². The zero-order valence-corrected chi connectivity index (χ0v) is 13.1. The highest BCUT2D eigenvalue weighted by molar-refractivity contribution is 5.62. The molecule has 0 radical (unpaired) electrons. The molecule has 1 fully saturated rings. The number of para-hydroxylation sites is 1. The molecule has 0 aliphatic carbocycles. The summed E-state index contributed by atoms with van der Waals surface area (Å²) >= 11 is 0. The maximum absolute atomic E-state index is 6.38. The monoisotopic (exact) mass is 317 g/mol. The Labute approximate surface area is 135 Å². The molecule has 2 aliphatic rings. The van der Waals surface area contributed by atoms with Crippen molar-refractivity contribution in [2.24, 2.45) is 16.5 Å². The van der Waals surface area contributed by atoms with Gasteiger partial charge in [0.25, 0.3) is 0 Å². The van der Waals surface area contributed by atoms with Gasteiger partial charge in [-0.2, -0.15) is 0 Å². The van der Waals surface area contributed by atoms with E-state index in [-0.39, 0.29) is 0 Å². The minimum atomic E-state index is -1.01. The van der Waals surface area contributed by atoms with Crippen molar-refractivity contribution in [1.82, 2.24) is 10.2 Å². The van der Waals surface area contributed by atoms with Crippen LogP contribution >= 0.6 is 0 Å². The Balaban J connectivity index is 1.68. The summed E-state index contributed by atoms with van der Waals surface area (Å²) in [6.07, 6.45) is 3.21. The molecule has 0 aromatic heterocycles. The molecular formula is C16H23N5O2. The number of hydrogen-bond acceptors (Lipinski definition) is 7. The fourth-order valence-corrected chi connectivity index (χ4v) is 2.71. The van der Waals surface area contributed by atoms with Crippen molar-refractivity contribution in [2.75, 3.05) is 39.5 Å². The molecule has 7 heteroatoms. The smallest absolute Gasteiger partial charge is 0.161 e. The van der Waals surface area contributed by atoms with Crippen LogP contribution in [0.4, 0.5) is 0 Å². The van der Waals surface area contributed by atoms with Crippen LogP contribution in [0.2, 0.25) is 0 Å². The number of morpholine rings is 1.